The number of nitrogens with one attached hydrogen (secondary N) is 2. The van der Waals surface area contributed by atoms with E-state index in [1.807, 2.05) is 37.3 Å². The predicted molar refractivity (Wildman–Crippen MR) is 85.4 cm³/mol. The molecular weight excluding hydrogens is 286 g/mol. The number of hydrogen-bond donors (Lipinski definition) is 2. The molecule has 0 unspecified atom stereocenters. The lowest BCUT2D eigenvalue weighted by Crippen LogP contribution is -2.24. The van der Waals surface area contributed by atoms with Gasteiger partial charge < -0.3 is 10.6 Å². The van der Waals surface area contributed by atoms with Gasteiger partial charge in [0.05, 0.1) is 0 Å². The summed E-state index contributed by atoms with van der Waals surface area (Å²) in [5.41, 5.74) is 3.00. The summed E-state index contributed by atoms with van der Waals surface area (Å²) in [6, 6.07) is 9.54. The molecule has 1 aromatic heterocycles. The lowest BCUT2D eigenvalue weighted by Gasteiger charge is -2.08. The minimum atomic E-state index is 0.0116. The second kappa shape index (κ2) is 7.64. The summed E-state index contributed by atoms with van der Waals surface area (Å²) in [6.45, 7) is 3.05. The Balaban J connectivity index is 1.70. The van der Waals surface area contributed by atoms with E-state index in [1.165, 1.54) is 0 Å². The molecule has 0 radical (unpaired) electrons. The van der Waals surface area contributed by atoms with Crippen molar-refractivity contribution >= 4 is 23.2 Å². The summed E-state index contributed by atoms with van der Waals surface area (Å²) in [7, 11) is 0. The minimum Gasteiger partial charge on any atom is -0.384 e. The minimum absolute atomic E-state index is 0.0116. The summed E-state index contributed by atoms with van der Waals surface area (Å²) < 4.78 is 0. The monoisotopic (exact) mass is 303 g/mol. The van der Waals surface area contributed by atoms with E-state index in [1.54, 1.807) is 12.4 Å². The van der Waals surface area contributed by atoms with Crippen LogP contribution in [0.5, 0.6) is 0 Å². The van der Waals surface area contributed by atoms with E-state index >= 15 is 0 Å². The van der Waals surface area contributed by atoms with Crippen LogP contribution in [-0.2, 0) is 11.3 Å². The van der Waals surface area contributed by atoms with Crippen molar-refractivity contribution < 1.29 is 4.79 Å². The number of hydrogen-bond acceptors (Lipinski definition) is 3. The van der Waals surface area contributed by atoms with Crippen LogP contribution < -0.4 is 10.6 Å². The van der Waals surface area contributed by atoms with Gasteiger partial charge in [-0.2, -0.15) is 0 Å². The summed E-state index contributed by atoms with van der Waals surface area (Å²) in [5.74, 6) is 0.0116. The Hall–Kier alpha value is -2.07. The number of pyridine rings is 1. The Morgan fingerprint density at radius 2 is 2.00 bits per heavy atom. The van der Waals surface area contributed by atoms with Crippen LogP contribution in [0.2, 0.25) is 5.02 Å². The van der Waals surface area contributed by atoms with E-state index in [0.717, 1.165) is 21.8 Å². The highest BCUT2D eigenvalue weighted by Crippen LogP contribution is 2.19. The van der Waals surface area contributed by atoms with Gasteiger partial charge in [0, 0.05) is 42.6 Å². The average molecular weight is 304 g/mol. The number of carbonyl (C=O) groups is 1. The quantitative estimate of drug-likeness (QED) is 0.862. The molecular formula is C16H18ClN3O. The van der Waals surface area contributed by atoms with Gasteiger partial charge in [-0.3, -0.25) is 9.78 Å². The first-order valence-electron chi connectivity index (χ1n) is 6.81. The first kappa shape index (κ1) is 15.3. The molecule has 0 saturated heterocycles. The van der Waals surface area contributed by atoms with Gasteiger partial charge in [-0.15, -0.1) is 0 Å². The third-order valence-electron chi connectivity index (χ3n) is 3.09. The van der Waals surface area contributed by atoms with Gasteiger partial charge in [0.15, 0.2) is 0 Å². The topological polar surface area (TPSA) is 54.0 Å². The Kier molecular flexibility index (Phi) is 5.58. The number of benzene rings is 1. The van der Waals surface area contributed by atoms with Crippen molar-refractivity contribution in [3.63, 3.8) is 0 Å². The molecule has 0 aliphatic carbocycles. The maximum atomic E-state index is 11.7. The van der Waals surface area contributed by atoms with Gasteiger partial charge in [-0.1, -0.05) is 17.7 Å². The average Bonchev–Trinajstić information content (AvgIpc) is 2.50. The van der Waals surface area contributed by atoms with Gasteiger partial charge in [-0.25, -0.2) is 0 Å². The van der Waals surface area contributed by atoms with Crippen LogP contribution in [0.3, 0.4) is 0 Å². The molecule has 1 heterocycles. The van der Waals surface area contributed by atoms with Crippen LogP contribution in [0, 0.1) is 6.92 Å². The SMILES string of the molecule is Cc1ccc(NCCC(=O)NCc2ccncc2)cc1Cl. The summed E-state index contributed by atoms with van der Waals surface area (Å²) in [5, 5.41) is 6.78. The number of aromatic nitrogens is 1. The standard InChI is InChI=1S/C16H18ClN3O/c1-12-2-3-14(10-15(12)17)19-9-6-16(21)20-11-13-4-7-18-8-5-13/h2-5,7-8,10,19H,6,9,11H2,1H3,(H,20,21). The van der Waals surface area contributed by atoms with E-state index in [4.69, 9.17) is 11.6 Å². The highest BCUT2D eigenvalue weighted by atomic mass is 35.5. The summed E-state index contributed by atoms with van der Waals surface area (Å²) >= 11 is 6.05. The maximum absolute atomic E-state index is 11.7. The number of rotatable bonds is 6. The van der Waals surface area contributed by atoms with Crippen LogP contribution in [0.25, 0.3) is 0 Å². The Bertz CT molecular complexity index is 602. The van der Waals surface area contributed by atoms with Crippen molar-refractivity contribution in [2.75, 3.05) is 11.9 Å². The Morgan fingerprint density at radius 3 is 2.71 bits per heavy atom. The summed E-state index contributed by atoms with van der Waals surface area (Å²) in [4.78, 5) is 15.7. The fourth-order valence-corrected chi connectivity index (χ4v) is 1.99. The number of amides is 1. The predicted octanol–water partition coefficient (Wildman–Crippen LogP) is 3.16. The lowest BCUT2D eigenvalue weighted by atomic mass is 10.2. The van der Waals surface area contributed by atoms with E-state index in [9.17, 15) is 4.79 Å². The zero-order valence-electron chi connectivity index (χ0n) is 11.9. The molecule has 1 aromatic carbocycles. The van der Waals surface area contributed by atoms with Gasteiger partial charge in [0.25, 0.3) is 0 Å². The van der Waals surface area contributed by atoms with Crippen LogP contribution in [0.15, 0.2) is 42.7 Å². The fraction of sp³-hybridized carbons (Fsp3) is 0.250. The van der Waals surface area contributed by atoms with Crippen LogP contribution >= 0.6 is 11.6 Å². The van der Waals surface area contributed by atoms with Crippen LogP contribution in [0.1, 0.15) is 17.5 Å². The van der Waals surface area contributed by atoms with Crippen molar-refractivity contribution in [3.8, 4) is 0 Å². The van der Waals surface area contributed by atoms with Gasteiger partial charge in [-0.05, 0) is 42.3 Å². The van der Waals surface area contributed by atoms with Crippen molar-refractivity contribution in [1.82, 2.24) is 10.3 Å². The first-order valence-corrected chi connectivity index (χ1v) is 7.18. The lowest BCUT2D eigenvalue weighted by molar-refractivity contribution is -0.121. The third kappa shape index (κ3) is 5.08. The number of anilines is 1. The molecule has 2 N–H and O–H groups in total. The smallest absolute Gasteiger partial charge is 0.222 e. The molecule has 4 nitrogen and oxygen atoms in total. The van der Waals surface area contributed by atoms with Crippen LogP contribution in [-0.4, -0.2) is 17.4 Å². The fourth-order valence-electron chi connectivity index (χ4n) is 1.81. The number of nitrogens with zero attached hydrogens (tertiary/aromatic N) is 1. The van der Waals surface area contributed by atoms with Crippen LogP contribution in [0.4, 0.5) is 5.69 Å². The Labute approximate surface area is 129 Å². The number of halogens is 1. The molecule has 0 saturated carbocycles. The second-order valence-electron chi connectivity index (χ2n) is 4.77. The van der Waals surface area contributed by atoms with Gasteiger partial charge in [0.1, 0.15) is 0 Å². The molecule has 0 aliphatic rings. The molecule has 0 fully saturated rings. The summed E-state index contributed by atoms with van der Waals surface area (Å²) in [6.07, 6.45) is 3.84. The molecule has 0 aliphatic heterocycles. The van der Waals surface area contributed by atoms with Crippen molar-refractivity contribution in [3.05, 3.63) is 58.9 Å². The second-order valence-corrected chi connectivity index (χ2v) is 5.18. The van der Waals surface area contributed by atoms with Crippen molar-refractivity contribution in [2.24, 2.45) is 0 Å². The van der Waals surface area contributed by atoms with Gasteiger partial charge in [0.2, 0.25) is 5.91 Å². The molecule has 5 heteroatoms. The van der Waals surface area contributed by atoms with E-state index < -0.39 is 0 Å². The third-order valence-corrected chi connectivity index (χ3v) is 3.50. The molecule has 2 aromatic rings. The Morgan fingerprint density at radius 1 is 1.24 bits per heavy atom. The van der Waals surface area contributed by atoms with Crippen molar-refractivity contribution in [1.29, 1.82) is 0 Å². The zero-order chi connectivity index (χ0) is 15.1. The zero-order valence-corrected chi connectivity index (χ0v) is 12.7. The van der Waals surface area contributed by atoms with E-state index in [-0.39, 0.29) is 5.91 Å². The number of carbonyl (C=O) groups excluding carboxylic acids is 1. The van der Waals surface area contributed by atoms with E-state index in [0.29, 0.717) is 19.5 Å². The van der Waals surface area contributed by atoms with Gasteiger partial charge >= 0.3 is 0 Å². The molecule has 0 bridgehead atoms. The molecule has 1 amide bonds. The first-order chi connectivity index (χ1) is 10.1. The number of aryl methyl sites for hydroxylation is 1. The molecule has 0 spiro atoms. The molecule has 0 atom stereocenters. The molecule has 2 rings (SSSR count). The highest BCUT2D eigenvalue weighted by molar-refractivity contribution is 6.31. The largest absolute Gasteiger partial charge is 0.384 e. The molecule has 21 heavy (non-hydrogen) atoms. The normalized spacial score (nSPS) is 10.2. The molecule has 110 valence electrons. The van der Waals surface area contributed by atoms with E-state index in [2.05, 4.69) is 15.6 Å². The highest BCUT2D eigenvalue weighted by Gasteiger charge is 2.02. The van der Waals surface area contributed by atoms with Crippen molar-refractivity contribution in [2.45, 2.75) is 19.9 Å². The maximum Gasteiger partial charge on any atom is 0.222 e.